The number of likely N-dealkylation sites (tertiary alicyclic amines) is 1. The van der Waals surface area contributed by atoms with Crippen LogP contribution in [-0.2, 0) is 33.6 Å². The average molecular weight is 516 g/mol. The Morgan fingerprint density at radius 1 is 0.861 bits per heavy atom. The number of aliphatic carboxylic acids is 3. The zero-order valence-electron chi connectivity index (χ0n) is 20.1. The van der Waals surface area contributed by atoms with Crippen LogP contribution in [0, 0.1) is 0 Å². The van der Waals surface area contributed by atoms with Crippen LogP contribution in [0.3, 0.4) is 0 Å². The number of carbonyl (C=O) groups is 7. The van der Waals surface area contributed by atoms with Crippen LogP contribution in [0.1, 0.15) is 52.4 Å². The standard InChI is InChI=1S/C21H33N5O10/c1-10(17(31)25-13(21(35)36)6-8-16(29)30)23-19(33)14-4-3-9-26(14)20(34)11(2)24-18(32)12(22)5-7-15(27)28/h10-14H,3-9,22H2,1-2H3,(H,23,33)(H,24,32)(H,25,31)(H,27,28)(H,29,30)(H,35,36)/t10-,11-,12-,13-,14-/m0/s1. The number of carboxylic acid groups (broad SMARTS) is 3. The van der Waals surface area contributed by atoms with Crippen LogP contribution in [0.25, 0.3) is 0 Å². The van der Waals surface area contributed by atoms with Crippen LogP contribution in [0.2, 0.25) is 0 Å². The molecule has 202 valence electrons. The molecule has 0 aromatic rings. The number of hydrogen-bond acceptors (Lipinski definition) is 8. The molecule has 0 aliphatic carbocycles. The van der Waals surface area contributed by atoms with Gasteiger partial charge in [0.1, 0.15) is 24.2 Å². The fourth-order valence-electron chi connectivity index (χ4n) is 3.54. The molecule has 0 aromatic carbocycles. The Labute approximate surface area is 206 Å². The van der Waals surface area contributed by atoms with Gasteiger partial charge in [-0.3, -0.25) is 28.8 Å². The van der Waals surface area contributed by atoms with Gasteiger partial charge in [0.2, 0.25) is 23.6 Å². The highest BCUT2D eigenvalue weighted by molar-refractivity contribution is 5.95. The normalized spacial score (nSPS) is 18.3. The summed E-state index contributed by atoms with van der Waals surface area (Å²) in [5, 5.41) is 33.6. The number of amides is 4. The molecule has 36 heavy (non-hydrogen) atoms. The molecule has 1 saturated heterocycles. The van der Waals surface area contributed by atoms with Crippen molar-refractivity contribution in [1.82, 2.24) is 20.9 Å². The molecule has 1 fully saturated rings. The minimum atomic E-state index is -1.45. The van der Waals surface area contributed by atoms with Gasteiger partial charge in [-0.25, -0.2) is 4.79 Å². The Morgan fingerprint density at radius 2 is 1.44 bits per heavy atom. The van der Waals surface area contributed by atoms with Gasteiger partial charge < -0.3 is 41.9 Å². The van der Waals surface area contributed by atoms with E-state index in [1.807, 2.05) is 0 Å². The van der Waals surface area contributed by atoms with E-state index in [4.69, 9.17) is 21.1 Å². The van der Waals surface area contributed by atoms with E-state index in [1.54, 1.807) is 0 Å². The maximum Gasteiger partial charge on any atom is 0.326 e. The minimum absolute atomic E-state index is 0.115. The van der Waals surface area contributed by atoms with Crippen molar-refractivity contribution in [3.63, 3.8) is 0 Å². The topological polar surface area (TPSA) is 246 Å². The summed E-state index contributed by atoms with van der Waals surface area (Å²) < 4.78 is 0. The van der Waals surface area contributed by atoms with Crippen LogP contribution in [-0.4, -0.2) is 98.5 Å². The van der Waals surface area contributed by atoms with E-state index < -0.39 is 78.2 Å². The molecule has 0 aromatic heterocycles. The predicted octanol–water partition coefficient (Wildman–Crippen LogP) is -2.39. The third kappa shape index (κ3) is 9.48. The number of carbonyl (C=O) groups excluding carboxylic acids is 4. The molecule has 0 saturated carbocycles. The number of hydrogen-bond donors (Lipinski definition) is 7. The van der Waals surface area contributed by atoms with E-state index in [0.717, 1.165) is 0 Å². The van der Waals surface area contributed by atoms with Gasteiger partial charge in [-0.2, -0.15) is 0 Å². The summed E-state index contributed by atoms with van der Waals surface area (Å²) in [6, 6.07) is -5.74. The van der Waals surface area contributed by atoms with Crippen molar-refractivity contribution in [3.05, 3.63) is 0 Å². The lowest BCUT2D eigenvalue weighted by atomic mass is 10.1. The molecule has 0 radical (unpaired) electrons. The first-order chi connectivity index (χ1) is 16.7. The lowest BCUT2D eigenvalue weighted by molar-refractivity contribution is -0.144. The second-order valence-electron chi connectivity index (χ2n) is 8.52. The Balaban J connectivity index is 2.70. The second kappa shape index (κ2) is 14.0. The minimum Gasteiger partial charge on any atom is -0.481 e. The largest absolute Gasteiger partial charge is 0.481 e. The maximum absolute atomic E-state index is 12.9. The van der Waals surface area contributed by atoms with Crippen molar-refractivity contribution in [1.29, 1.82) is 0 Å². The van der Waals surface area contributed by atoms with Gasteiger partial charge in [0.25, 0.3) is 0 Å². The highest BCUT2D eigenvalue weighted by Gasteiger charge is 2.37. The summed E-state index contributed by atoms with van der Waals surface area (Å²) in [5.74, 6) is -6.54. The molecule has 1 heterocycles. The van der Waals surface area contributed by atoms with Crippen molar-refractivity contribution >= 4 is 41.5 Å². The van der Waals surface area contributed by atoms with Crippen molar-refractivity contribution in [2.75, 3.05) is 6.54 Å². The molecule has 1 rings (SSSR count). The van der Waals surface area contributed by atoms with E-state index >= 15 is 0 Å². The SMILES string of the molecule is C[C@H](NC(=O)[C@@H]1CCCN1C(=O)[C@H](C)NC(=O)[C@@H](N)CCC(=O)O)C(=O)N[C@@H](CCC(=O)O)C(=O)O. The number of nitrogens with zero attached hydrogens (tertiary/aromatic N) is 1. The molecule has 8 N–H and O–H groups in total. The van der Waals surface area contributed by atoms with E-state index in [1.165, 1.54) is 18.7 Å². The molecular formula is C21H33N5O10. The lowest BCUT2D eigenvalue weighted by Crippen LogP contribution is -2.57. The molecule has 15 heteroatoms. The third-order valence-electron chi connectivity index (χ3n) is 5.59. The summed E-state index contributed by atoms with van der Waals surface area (Å²) in [5.41, 5.74) is 5.64. The van der Waals surface area contributed by atoms with Gasteiger partial charge in [-0.05, 0) is 39.5 Å². The molecular weight excluding hydrogens is 482 g/mol. The van der Waals surface area contributed by atoms with Crippen LogP contribution < -0.4 is 21.7 Å². The second-order valence-corrected chi connectivity index (χ2v) is 8.52. The average Bonchev–Trinajstić information content (AvgIpc) is 3.28. The first kappa shape index (κ1) is 30.3. The molecule has 5 atom stereocenters. The van der Waals surface area contributed by atoms with Crippen LogP contribution in [0.15, 0.2) is 0 Å². The Morgan fingerprint density at radius 3 is 2.00 bits per heavy atom. The summed E-state index contributed by atoms with van der Waals surface area (Å²) in [7, 11) is 0. The van der Waals surface area contributed by atoms with E-state index in [9.17, 15) is 33.6 Å². The van der Waals surface area contributed by atoms with Crippen molar-refractivity contribution in [2.45, 2.75) is 82.6 Å². The zero-order valence-corrected chi connectivity index (χ0v) is 20.1. The van der Waals surface area contributed by atoms with Crippen molar-refractivity contribution < 1.29 is 48.9 Å². The summed E-state index contributed by atoms with van der Waals surface area (Å²) in [6.07, 6.45) is -0.470. The molecule has 1 aliphatic heterocycles. The molecule has 0 bridgehead atoms. The van der Waals surface area contributed by atoms with Crippen LogP contribution >= 0.6 is 0 Å². The van der Waals surface area contributed by atoms with Crippen molar-refractivity contribution in [2.24, 2.45) is 5.73 Å². The van der Waals surface area contributed by atoms with Crippen LogP contribution in [0.5, 0.6) is 0 Å². The predicted molar refractivity (Wildman–Crippen MR) is 121 cm³/mol. The third-order valence-corrected chi connectivity index (χ3v) is 5.59. The Kier molecular flexibility index (Phi) is 11.7. The number of rotatable bonds is 14. The van der Waals surface area contributed by atoms with E-state index in [0.29, 0.717) is 12.8 Å². The Bertz CT molecular complexity index is 879. The van der Waals surface area contributed by atoms with Crippen LogP contribution in [0.4, 0.5) is 0 Å². The lowest BCUT2D eigenvalue weighted by Gasteiger charge is -2.28. The summed E-state index contributed by atoms with van der Waals surface area (Å²) >= 11 is 0. The van der Waals surface area contributed by atoms with Gasteiger partial charge in [-0.15, -0.1) is 0 Å². The molecule has 0 unspecified atom stereocenters. The van der Waals surface area contributed by atoms with Gasteiger partial charge in [0.15, 0.2) is 0 Å². The first-order valence-electron chi connectivity index (χ1n) is 11.4. The van der Waals surface area contributed by atoms with Gasteiger partial charge in [0.05, 0.1) is 6.04 Å². The number of carboxylic acids is 3. The molecule has 15 nitrogen and oxygen atoms in total. The fourth-order valence-corrected chi connectivity index (χ4v) is 3.54. The van der Waals surface area contributed by atoms with Gasteiger partial charge in [-0.1, -0.05) is 0 Å². The summed E-state index contributed by atoms with van der Waals surface area (Å²) in [6.45, 7) is 2.93. The smallest absolute Gasteiger partial charge is 0.326 e. The van der Waals surface area contributed by atoms with E-state index in [2.05, 4.69) is 16.0 Å². The molecule has 0 spiro atoms. The van der Waals surface area contributed by atoms with E-state index in [-0.39, 0.29) is 25.8 Å². The van der Waals surface area contributed by atoms with Gasteiger partial charge >= 0.3 is 17.9 Å². The molecule has 4 amide bonds. The highest BCUT2D eigenvalue weighted by Crippen LogP contribution is 2.19. The van der Waals surface area contributed by atoms with Gasteiger partial charge in [0, 0.05) is 19.4 Å². The quantitative estimate of drug-likeness (QED) is 0.129. The zero-order chi connectivity index (χ0) is 27.6. The Hall–Kier alpha value is -3.75. The molecule has 1 aliphatic rings. The first-order valence-corrected chi connectivity index (χ1v) is 11.4. The van der Waals surface area contributed by atoms with Crippen molar-refractivity contribution in [3.8, 4) is 0 Å². The number of nitrogens with one attached hydrogen (secondary N) is 3. The summed E-state index contributed by atoms with van der Waals surface area (Å²) in [4.78, 5) is 83.9. The monoisotopic (exact) mass is 515 g/mol. The number of nitrogens with two attached hydrogens (primary N) is 1. The maximum atomic E-state index is 12.9. The fraction of sp³-hybridized carbons (Fsp3) is 0.667. The highest BCUT2D eigenvalue weighted by atomic mass is 16.4.